The number of urea groups is 1. The number of pyridine rings is 1. The highest BCUT2D eigenvalue weighted by molar-refractivity contribution is 5.88. The van der Waals surface area contributed by atoms with Crippen LogP contribution < -0.4 is 10.6 Å². The Bertz CT molecular complexity index is 319. The molecule has 1 aromatic rings. The molecule has 2 N–H and O–H groups in total. The summed E-state index contributed by atoms with van der Waals surface area (Å²) < 4.78 is 0. The van der Waals surface area contributed by atoms with Crippen molar-refractivity contribution in [3.63, 3.8) is 0 Å². The van der Waals surface area contributed by atoms with Crippen molar-refractivity contribution < 1.29 is 4.79 Å². The Balaban J connectivity index is 2.41. The fraction of sp³-hybridized carbons (Fsp3) is 0.455. The summed E-state index contributed by atoms with van der Waals surface area (Å²) in [5.41, 5.74) is 1.64. The van der Waals surface area contributed by atoms with Crippen LogP contribution in [0.5, 0.6) is 0 Å². The summed E-state index contributed by atoms with van der Waals surface area (Å²) in [6.07, 6.45) is 1.64. The minimum Gasteiger partial charge on any atom is -0.338 e. The summed E-state index contributed by atoms with van der Waals surface area (Å²) in [5, 5.41) is 5.48. The van der Waals surface area contributed by atoms with Gasteiger partial charge in [-0.15, -0.1) is 0 Å². The second-order valence-electron chi connectivity index (χ2n) is 3.92. The number of anilines is 1. The van der Waals surface area contributed by atoms with E-state index in [4.69, 9.17) is 0 Å². The molecule has 0 aliphatic heterocycles. The van der Waals surface area contributed by atoms with Crippen molar-refractivity contribution >= 4 is 11.7 Å². The minimum atomic E-state index is -0.186. The molecule has 1 aromatic heterocycles. The lowest BCUT2D eigenvalue weighted by atomic mass is 10.2. The van der Waals surface area contributed by atoms with Crippen LogP contribution in [-0.2, 0) is 0 Å². The van der Waals surface area contributed by atoms with Crippen molar-refractivity contribution in [1.29, 1.82) is 0 Å². The van der Waals surface area contributed by atoms with E-state index in [0.717, 1.165) is 5.69 Å². The number of nitrogens with one attached hydrogen (secondary N) is 2. The number of carbonyl (C=O) groups is 1. The Morgan fingerprint density at radius 3 is 2.73 bits per heavy atom. The monoisotopic (exact) mass is 207 g/mol. The molecule has 4 heteroatoms. The molecule has 0 unspecified atom stereocenters. The third-order valence-electron chi connectivity index (χ3n) is 1.84. The van der Waals surface area contributed by atoms with Gasteiger partial charge in [-0.1, -0.05) is 13.8 Å². The van der Waals surface area contributed by atoms with E-state index in [0.29, 0.717) is 18.2 Å². The lowest BCUT2D eigenvalue weighted by Gasteiger charge is -2.09. The van der Waals surface area contributed by atoms with Gasteiger partial charge in [0.25, 0.3) is 0 Å². The van der Waals surface area contributed by atoms with Crippen LogP contribution in [-0.4, -0.2) is 17.6 Å². The Morgan fingerprint density at radius 2 is 2.20 bits per heavy atom. The van der Waals surface area contributed by atoms with Gasteiger partial charge < -0.3 is 10.6 Å². The summed E-state index contributed by atoms with van der Waals surface area (Å²) in [4.78, 5) is 15.4. The Kier molecular flexibility index (Phi) is 4.09. The molecule has 2 amide bonds. The number of hydrogen-bond acceptors (Lipinski definition) is 2. The number of amides is 2. The van der Waals surface area contributed by atoms with Crippen LogP contribution in [0, 0.1) is 12.8 Å². The lowest BCUT2D eigenvalue weighted by Crippen LogP contribution is -2.31. The van der Waals surface area contributed by atoms with E-state index in [-0.39, 0.29) is 6.03 Å². The molecule has 0 aromatic carbocycles. The van der Waals surface area contributed by atoms with Gasteiger partial charge >= 0.3 is 6.03 Å². The normalized spacial score (nSPS) is 10.1. The van der Waals surface area contributed by atoms with Gasteiger partial charge in [0.1, 0.15) is 0 Å². The molecule has 82 valence electrons. The zero-order chi connectivity index (χ0) is 11.3. The van der Waals surface area contributed by atoms with Gasteiger partial charge in [-0.25, -0.2) is 4.79 Å². The molecule has 0 saturated heterocycles. The van der Waals surface area contributed by atoms with Crippen molar-refractivity contribution in [2.75, 3.05) is 11.9 Å². The van der Waals surface area contributed by atoms with Crippen molar-refractivity contribution in [3.8, 4) is 0 Å². The number of hydrogen-bond donors (Lipinski definition) is 2. The predicted octanol–water partition coefficient (Wildman–Crippen LogP) is 2.17. The van der Waals surface area contributed by atoms with E-state index in [2.05, 4.69) is 15.6 Å². The molecule has 0 bridgehead atoms. The second-order valence-corrected chi connectivity index (χ2v) is 3.92. The lowest BCUT2D eigenvalue weighted by molar-refractivity contribution is 0.251. The topological polar surface area (TPSA) is 54.0 Å². The summed E-state index contributed by atoms with van der Waals surface area (Å²) in [6.45, 7) is 6.68. The summed E-state index contributed by atoms with van der Waals surface area (Å²) in [7, 11) is 0. The highest BCUT2D eigenvalue weighted by atomic mass is 16.2. The molecule has 15 heavy (non-hydrogen) atoms. The van der Waals surface area contributed by atoms with Crippen molar-refractivity contribution in [3.05, 3.63) is 24.0 Å². The van der Waals surface area contributed by atoms with Gasteiger partial charge in [-0.2, -0.15) is 0 Å². The standard InChI is InChI=1S/C11H17N3O/c1-8(2)6-13-11(15)14-10-5-4-9(3)12-7-10/h4-5,7-8H,6H2,1-3H3,(H2,13,14,15). The Labute approximate surface area is 90.1 Å². The van der Waals surface area contributed by atoms with E-state index < -0.39 is 0 Å². The summed E-state index contributed by atoms with van der Waals surface area (Å²) in [5.74, 6) is 0.451. The number of rotatable bonds is 3. The van der Waals surface area contributed by atoms with Gasteiger partial charge in [0.2, 0.25) is 0 Å². The number of nitrogens with zero attached hydrogens (tertiary/aromatic N) is 1. The molecule has 4 nitrogen and oxygen atoms in total. The minimum absolute atomic E-state index is 0.186. The Morgan fingerprint density at radius 1 is 1.47 bits per heavy atom. The van der Waals surface area contributed by atoms with Crippen LogP contribution in [0.15, 0.2) is 18.3 Å². The molecule has 1 rings (SSSR count). The van der Waals surface area contributed by atoms with Gasteiger partial charge in [0.15, 0.2) is 0 Å². The number of carbonyl (C=O) groups excluding carboxylic acids is 1. The molecule has 0 aliphatic rings. The maximum Gasteiger partial charge on any atom is 0.319 e. The van der Waals surface area contributed by atoms with E-state index in [1.54, 1.807) is 6.20 Å². The fourth-order valence-corrected chi connectivity index (χ4v) is 1.01. The first kappa shape index (κ1) is 11.5. The van der Waals surface area contributed by atoms with Crippen molar-refractivity contribution in [2.24, 2.45) is 5.92 Å². The maximum atomic E-state index is 11.4. The van der Waals surface area contributed by atoms with Crippen LogP contribution >= 0.6 is 0 Å². The zero-order valence-electron chi connectivity index (χ0n) is 9.37. The summed E-state index contributed by atoms with van der Waals surface area (Å²) in [6, 6.07) is 3.50. The van der Waals surface area contributed by atoms with E-state index >= 15 is 0 Å². The van der Waals surface area contributed by atoms with Gasteiger partial charge in [-0.3, -0.25) is 4.98 Å². The fourth-order valence-electron chi connectivity index (χ4n) is 1.01. The first-order valence-corrected chi connectivity index (χ1v) is 5.05. The maximum absolute atomic E-state index is 11.4. The molecule has 0 saturated carbocycles. The number of aryl methyl sites for hydroxylation is 1. The quantitative estimate of drug-likeness (QED) is 0.798. The average molecular weight is 207 g/mol. The second kappa shape index (κ2) is 5.34. The molecule has 0 radical (unpaired) electrons. The summed E-state index contributed by atoms with van der Waals surface area (Å²) >= 11 is 0. The highest BCUT2D eigenvalue weighted by Crippen LogP contribution is 2.04. The van der Waals surface area contributed by atoms with Gasteiger partial charge in [0, 0.05) is 12.2 Å². The molecular weight excluding hydrogens is 190 g/mol. The molecule has 0 atom stereocenters. The molecule has 1 heterocycles. The molecule has 0 spiro atoms. The molecule has 0 aliphatic carbocycles. The van der Waals surface area contributed by atoms with E-state index in [1.807, 2.05) is 32.9 Å². The van der Waals surface area contributed by atoms with Crippen LogP contribution in [0.1, 0.15) is 19.5 Å². The predicted molar refractivity (Wildman–Crippen MR) is 60.8 cm³/mol. The largest absolute Gasteiger partial charge is 0.338 e. The first-order valence-electron chi connectivity index (χ1n) is 5.05. The molecular formula is C11H17N3O. The van der Waals surface area contributed by atoms with Crippen LogP contribution in [0.2, 0.25) is 0 Å². The third kappa shape index (κ3) is 4.44. The third-order valence-corrected chi connectivity index (χ3v) is 1.84. The van der Waals surface area contributed by atoms with Crippen LogP contribution in [0.25, 0.3) is 0 Å². The van der Waals surface area contributed by atoms with Crippen molar-refractivity contribution in [2.45, 2.75) is 20.8 Å². The van der Waals surface area contributed by atoms with Gasteiger partial charge in [0.05, 0.1) is 11.9 Å². The Hall–Kier alpha value is -1.58. The van der Waals surface area contributed by atoms with E-state index in [9.17, 15) is 4.79 Å². The number of aromatic nitrogens is 1. The first-order chi connectivity index (χ1) is 7.08. The zero-order valence-corrected chi connectivity index (χ0v) is 9.37. The van der Waals surface area contributed by atoms with Gasteiger partial charge in [-0.05, 0) is 25.0 Å². The van der Waals surface area contributed by atoms with Crippen LogP contribution in [0.3, 0.4) is 0 Å². The average Bonchev–Trinajstić information content (AvgIpc) is 2.19. The van der Waals surface area contributed by atoms with E-state index in [1.165, 1.54) is 0 Å². The van der Waals surface area contributed by atoms with Crippen molar-refractivity contribution in [1.82, 2.24) is 10.3 Å². The highest BCUT2D eigenvalue weighted by Gasteiger charge is 2.01. The van der Waals surface area contributed by atoms with Crippen LogP contribution in [0.4, 0.5) is 10.5 Å². The molecule has 0 fully saturated rings. The SMILES string of the molecule is Cc1ccc(NC(=O)NCC(C)C)cn1. The smallest absolute Gasteiger partial charge is 0.319 e.